The van der Waals surface area contributed by atoms with Crippen LogP contribution in [-0.2, 0) is 6.42 Å². The molecule has 0 bridgehead atoms. The highest BCUT2D eigenvalue weighted by Crippen LogP contribution is 2.30. The maximum atomic E-state index is 14.3. The molecule has 0 saturated carbocycles. The van der Waals surface area contributed by atoms with Gasteiger partial charge in [0.1, 0.15) is 5.82 Å². The van der Waals surface area contributed by atoms with Gasteiger partial charge in [-0.3, -0.25) is 0 Å². The van der Waals surface area contributed by atoms with Gasteiger partial charge in [0.25, 0.3) is 0 Å². The van der Waals surface area contributed by atoms with E-state index in [1.165, 1.54) is 22.8 Å². The van der Waals surface area contributed by atoms with E-state index in [0.717, 1.165) is 17.4 Å². The van der Waals surface area contributed by atoms with Crippen LogP contribution in [0, 0.1) is 19.7 Å². The van der Waals surface area contributed by atoms with Crippen molar-refractivity contribution in [3.8, 4) is 0 Å². The molecular formula is C18H21BrFN. The first kappa shape index (κ1) is 16.2. The monoisotopic (exact) mass is 349 g/mol. The first-order chi connectivity index (χ1) is 10.0. The van der Waals surface area contributed by atoms with Gasteiger partial charge in [0.2, 0.25) is 0 Å². The summed E-state index contributed by atoms with van der Waals surface area (Å²) >= 11 is 3.49. The minimum atomic E-state index is -0.165. The molecule has 0 amide bonds. The lowest BCUT2D eigenvalue weighted by Gasteiger charge is -2.22. The van der Waals surface area contributed by atoms with Gasteiger partial charge in [0.15, 0.2) is 0 Å². The molecule has 0 radical (unpaired) electrons. The fourth-order valence-electron chi connectivity index (χ4n) is 2.74. The zero-order chi connectivity index (χ0) is 15.4. The summed E-state index contributed by atoms with van der Waals surface area (Å²) in [6.45, 7) is 7.08. The third kappa shape index (κ3) is 3.72. The van der Waals surface area contributed by atoms with E-state index in [0.29, 0.717) is 5.56 Å². The standard InChI is InChI=1S/C18H21BrFN/c1-4-21-17(18-15(19)9-6-10-16(18)20)11-14-12(2)7-5-8-13(14)3/h5-10,17,21H,4,11H2,1-3H3. The van der Waals surface area contributed by atoms with Crippen LogP contribution in [0.1, 0.15) is 35.2 Å². The fourth-order valence-corrected chi connectivity index (χ4v) is 3.36. The Kier molecular flexibility index (Phi) is 5.54. The Labute approximate surface area is 134 Å². The largest absolute Gasteiger partial charge is 0.310 e. The zero-order valence-electron chi connectivity index (χ0n) is 12.7. The van der Waals surface area contributed by atoms with Crippen molar-refractivity contribution < 1.29 is 4.39 Å². The smallest absolute Gasteiger partial charge is 0.129 e. The summed E-state index contributed by atoms with van der Waals surface area (Å²) < 4.78 is 15.1. The predicted octanol–water partition coefficient (Wildman–Crippen LogP) is 5.10. The minimum absolute atomic E-state index is 0.0367. The molecule has 1 atom stereocenters. The van der Waals surface area contributed by atoms with Gasteiger partial charge in [0.05, 0.1) is 0 Å². The molecule has 112 valence electrons. The average molecular weight is 350 g/mol. The second-order valence-electron chi connectivity index (χ2n) is 5.32. The van der Waals surface area contributed by atoms with Crippen molar-refractivity contribution in [2.75, 3.05) is 6.54 Å². The molecule has 1 N–H and O–H groups in total. The molecule has 0 heterocycles. The van der Waals surface area contributed by atoms with Gasteiger partial charge in [-0.15, -0.1) is 0 Å². The number of likely N-dealkylation sites (N-methyl/N-ethyl adjacent to an activating group) is 1. The maximum absolute atomic E-state index is 14.3. The van der Waals surface area contributed by atoms with Crippen LogP contribution in [0.5, 0.6) is 0 Å². The molecule has 2 aromatic carbocycles. The van der Waals surface area contributed by atoms with Gasteiger partial charge in [-0.25, -0.2) is 4.39 Å². The lowest BCUT2D eigenvalue weighted by Crippen LogP contribution is -2.25. The molecule has 0 spiro atoms. The number of benzene rings is 2. The first-order valence-corrected chi connectivity index (χ1v) is 8.06. The lowest BCUT2D eigenvalue weighted by atomic mass is 9.92. The van der Waals surface area contributed by atoms with Gasteiger partial charge in [-0.2, -0.15) is 0 Å². The molecule has 2 rings (SSSR count). The third-order valence-corrected chi connectivity index (χ3v) is 4.54. The van der Waals surface area contributed by atoms with Crippen LogP contribution in [-0.4, -0.2) is 6.54 Å². The van der Waals surface area contributed by atoms with Crippen molar-refractivity contribution >= 4 is 15.9 Å². The molecule has 1 nitrogen and oxygen atoms in total. The number of hydrogen-bond donors (Lipinski definition) is 1. The Hall–Kier alpha value is -1.19. The van der Waals surface area contributed by atoms with E-state index in [1.54, 1.807) is 6.07 Å². The number of aryl methyl sites for hydroxylation is 2. The molecule has 0 aromatic heterocycles. The molecule has 0 aliphatic rings. The van der Waals surface area contributed by atoms with Crippen LogP contribution in [0.25, 0.3) is 0 Å². The highest BCUT2D eigenvalue weighted by molar-refractivity contribution is 9.10. The molecule has 3 heteroatoms. The Morgan fingerprint density at radius 2 is 1.71 bits per heavy atom. The normalized spacial score (nSPS) is 12.4. The molecule has 21 heavy (non-hydrogen) atoms. The molecular weight excluding hydrogens is 329 g/mol. The summed E-state index contributed by atoms with van der Waals surface area (Å²) in [6, 6.07) is 11.4. The Morgan fingerprint density at radius 3 is 2.29 bits per heavy atom. The molecule has 0 aliphatic carbocycles. The van der Waals surface area contributed by atoms with Crippen LogP contribution in [0.15, 0.2) is 40.9 Å². The average Bonchev–Trinajstić information content (AvgIpc) is 2.42. The van der Waals surface area contributed by atoms with Gasteiger partial charge in [-0.1, -0.05) is 47.1 Å². The molecule has 0 fully saturated rings. The van der Waals surface area contributed by atoms with Crippen LogP contribution >= 0.6 is 15.9 Å². The van der Waals surface area contributed by atoms with Crippen molar-refractivity contribution in [3.63, 3.8) is 0 Å². The van der Waals surface area contributed by atoms with Gasteiger partial charge < -0.3 is 5.32 Å². The van der Waals surface area contributed by atoms with Crippen LogP contribution in [0.3, 0.4) is 0 Å². The summed E-state index contributed by atoms with van der Waals surface area (Å²) in [5.41, 5.74) is 4.51. The minimum Gasteiger partial charge on any atom is -0.310 e. The number of rotatable bonds is 5. The van der Waals surface area contributed by atoms with E-state index in [-0.39, 0.29) is 11.9 Å². The Balaban J connectivity index is 2.41. The fraction of sp³-hybridized carbons (Fsp3) is 0.333. The SMILES string of the molecule is CCNC(Cc1c(C)cccc1C)c1c(F)cccc1Br. The van der Waals surface area contributed by atoms with Crippen molar-refractivity contribution in [2.45, 2.75) is 33.2 Å². The maximum Gasteiger partial charge on any atom is 0.129 e. The van der Waals surface area contributed by atoms with Crippen molar-refractivity contribution in [3.05, 3.63) is 68.9 Å². The van der Waals surface area contributed by atoms with E-state index in [1.807, 2.05) is 13.0 Å². The topological polar surface area (TPSA) is 12.0 Å². The van der Waals surface area contributed by atoms with Crippen molar-refractivity contribution in [1.29, 1.82) is 0 Å². The van der Waals surface area contributed by atoms with E-state index in [2.05, 4.69) is 53.3 Å². The molecule has 0 aliphatic heterocycles. The summed E-state index contributed by atoms with van der Waals surface area (Å²) in [5, 5.41) is 3.41. The Bertz CT molecular complexity index is 584. The van der Waals surface area contributed by atoms with E-state index in [9.17, 15) is 4.39 Å². The number of nitrogens with one attached hydrogen (secondary N) is 1. The third-order valence-electron chi connectivity index (χ3n) is 3.85. The zero-order valence-corrected chi connectivity index (χ0v) is 14.3. The predicted molar refractivity (Wildman–Crippen MR) is 90.1 cm³/mol. The quantitative estimate of drug-likeness (QED) is 0.791. The summed E-state index contributed by atoms with van der Waals surface area (Å²) in [6.07, 6.45) is 0.784. The molecule has 1 unspecified atom stereocenters. The number of hydrogen-bond acceptors (Lipinski definition) is 1. The summed E-state index contributed by atoms with van der Waals surface area (Å²) in [4.78, 5) is 0. The Morgan fingerprint density at radius 1 is 1.10 bits per heavy atom. The highest BCUT2D eigenvalue weighted by atomic mass is 79.9. The van der Waals surface area contributed by atoms with E-state index < -0.39 is 0 Å². The summed E-state index contributed by atoms with van der Waals surface area (Å²) in [5.74, 6) is -0.165. The second kappa shape index (κ2) is 7.19. The van der Waals surface area contributed by atoms with E-state index in [4.69, 9.17) is 0 Å². The van der Waals surface area contributed by atoms with Gasteiger partial charge >= 0.3 is 0 Å². The van der Waals surface area contributed by atoms with Gasteiger partial charge in [0, 0.05) is 16.1 Å². The number of halogens is 2. The molecule has 0 saturated heterocycles. The van der Waals surface area contributed by atoms with Crippen LogP contribution in [0.4, 0.5) is 4.39 Å². The van der Waals surface area contributed by atoms with E-state index >= 15 is 0 Å². The lowest BCUT2D eigenvalue weighted by molar-refractivity contribution is 0.506. The molecule has 2 aromatic rings. The van der Waals surface area contributed by atoms with Crippen molar-refractivity contribution in [1.82, 2.24) is 5.32 Å². The van der Waals surface area contributed by atoms with Crippen LogP contribution in [0.2, 0.25) is 0 Å². The second-order valence-corrected chi connectivity index (χ2v) is 6.17. The summed E-state index contributed by atoms with van der Waals surface area (Å²) in [7, 11) is 0. The van der Waals surface area contributed by atoms with Gasteiger partial charge in [-0.05, 0) is 55.6 Å². The highest BCUT2D eigenvalue weighted by Gasteiger charge is 2.19. The van der Waals surface area contributed by atoms with Crippen molar-refractivity contribution in [2.24, 2.45) is 0 Å². The van der Waals surface area contributed by atoms with Crippen LogP contribution < -0.4 is 5.32 Å². The first-order valence-electron chi connectivity index (χ1n) is 7.27.